The summed E-state index contributed by atoms with van der Waals surface area (Å²) in [5, 5.41) is 0. The highest BCUT2D eigenvalue weighted by Gasteiger charge is 2.28. The van der Waals surface area contributed by atoms with Crippen LogP contribution >= 0.6 is 0 Å². The molecule has 0 aromatic heterocycles. The first-order valence-corrected chi connectivity index (χ1v) is 10.2. The van der Waals surface area contributed by atoms with Gasteiger partial charge in [-0.2, -0.15) is 0 Å². The fraction of sp³-hybridized carbons (Fsp3) is 0.0769. The molecule has 4 rings (SSSR count). The van der Waals surface area contributed by atoms with Crippen molar-refractivity contribution in [2.24, 2.45) is 5.73 Å². The molecular weight excluding hydrogens is 438 g/mol. The molecule has 1 aliphatic rings. The number of esters is 3. The minimum Gasteiger partial charge on any atom is -0.423 e. The maximum absolute atomic E-state index is 13.1. The predicted octanol–water partition coefficient (Wildman–Crippen LogP) is 2.64. The number of ketones is 1. The molecule has 1 atom stereocenters. The highest BCUT2D eigenvalue weighted by molar-refractivity contribution is 6.17. The van der Waals surface area contributed by atoms with Crippen LogP contribution in [0.1, 0.15) is 42.2 Å². The van der Waals surface area contributed by atoms with Gasteiger partial charge in [0.2, 0.25) is 0 Å². The van der Waals surface area contributed by atoms with Gasteiger partial charge in [-0.15, -0.1) is 0 Å². The Hall–Kier alpha value is -4.74. The third kappa shape index (κ3) is 4.70. The Labute approximate surface area is 194 Å². The number of carbonyl (C=O) groups excluding carboxylic acids is 4. The molecule has 0 fully saturated rings. The molecule has 34 heavy (non-hydrogen) atoms. The van der Waals surface area contributed by atoms with Crippen LogP contribution in [0.2, 0.25) is 0 Å². The molecule has 0 bridgehead atoms. The van der Waals surface area contributed by atoms with Crippen LogP contribution in [0.25, 0.3) is 0 Å². The van der Waals surface area contributed by atoms with Crippen LogP contribution in [0.5, 0.6) is 5.75 Å². The van der Waals surface area contributed by atoms with E-state index >= 15 is 0 Å². The number of hydrogen-bond donors (Lipinski definition) is 1. The van der Waals surface area contributed by atoms with Crippen molar-refractivity contribution in [3.63, 3.8) is 0 Å². The summed E-state index contributed by atoms with van der Waals surface area (Å²) in [5.41, 5.74) is 6.03. The van der Waals surface area contributed by atoms with Gasteiger partial charge in [0.1, 0.15) is 11.8 Å². The molecule has 3 aromatic carbocycles. The zero-order valence-electron chi connectivity index (χ0n) is 17.6. The Morgan fingerprint density at radius 2 is 1.53 bits per heavy atom. The largest absolute Gasteiger partial charge is 0.423 e. The second kappa shape index (κ2) is 9.81. The number of cyclic esters (lactones) is 2. The monoisotopic (exact) mass is 455 g/mol. The van der Waals surface area contributed by atoms with Crippen LogP contribution in [-0.2, 0) is 20.7 Å². The summed E-state index contributed by atoms with van der Waals surface area (Å²) < 4.78 is 15.1. The second-order valence-corrected chi connectivity index (χ2v) is 7.25. The summed E-state index contributed by atoms with van der Waals surface area (Å²) in [6.07, 6.45) is 3.93. The van der Waals surface area contributed by atoms with Crippen molar-refractivity contribution < 1.29 is 33.4 Å². The van der Waals surface area contributed by atoms with E-state index in [2.05, 4.69) is 0 Å². The SMILES string of the molecule is NC1Cc2ccccc2OC(=O)c2cccc(C(=O)c3ccccc3)c2C(=O)OC#COC1=O. The molecule has 0 radical (unpaired) electrons. The van der Waals surface area contributed by atoms with Gasteiger partial charge in [0.15, 0.2) is 18.0 Å². The molecule has 8 nitrogen and oxygen atoms in total. The number of benzene rings is 3. The van der Waals surface area contributed by atoms with Crippen molar-refractivity contribution in [2.75, 3.05) is 0 Å². The first kappa shape index (κ1) is 22.5. The molecule has 1 aliphatic heterocycles. The molecule has 2 N–H and O–H groups in total. The van der Waals surface area contributed by atoms with Gasteiger partial charge in [-0.1, -0.05) is 60.7 Å². The van der Waals surface area contributed by atoms with Crippen molar-refractivity contribution in [1.82, 2.24) is 0 Å². The zero-order chi connectivity index (χ0) is 24.1. The van der Waals surface area contributed by atoms with Crippen LogP contribution in [0.4, 0.5) is 0 Å². The molecule has 0 spiro atoms. The van der Waals surface area contributed by atoms with Crippen LogP contribution in [-0.4, -0.2) is 29.7 Å². The number of nitrogens with two attached hydrogens (primary N) is 1. The molecule has 8 heteroatoms. The Bertz CT molecular complexity index is 1350. The van der Waals surface area contributed by atoms with E-state index in [1.165, 1.54) is 24.3 Å². The second-order valence-electron chi connectivity index (χ2n) is 7.25. The van der Waals surface area contributed by atoms with Crippen molar-refractivity contribution in [2.45, 2.75) is 12.5 Å². The first-order valence-electron chi connectivity index (χ1n) is 10.2. The molecule has 3 aromatic rings. The highest BCUT2D eigenvalue weighted by Crippen LogP contribution is 2.25. The maximum atomic E-state index is 13.1. The average molecular weight is 455 g/mol. The maximum Gasteiger partial charge on any atom is 0.353 e. The van der Waals surface area contributed by atoms with Crippen molar-refractivity contribution in [1.29, 1.82) is 0 Å². The number of hydrogen-bond acceptors (Lipinski definition) is 8. The zero-order valence-corrected chi connectivity index (χ0v) is 17.6. The summed E-state index contributed by atoms with van der Waals surface area (Å²) in [4.78, 5) is 51.3. The Kier molecular flexibility index (Phi) is 6.48. The minimum absolute atomic E-state index is 0.00312. The fourth-order valence-electron chi connectivity index (χ4n) is 3.39. The highest BCUT2D eigenvalue weighted by atomic mass is 16.6. The molecule has 1 heterocycles. The fourth-order valence-corrected chi connectivity index (χ4v) is 3.39. The predicted molar refractivity (Wildman–Crippen MR) is 119 cm³/mol. The molecule has 0 amide bonds. The number of fused-ring (bicyclic) bond motifs is 2. The Morgan fingerprint density at radius 1 is 0.824 bits per heavy atom. The summed E-state index contributed by atoms with van der Waals surface area (Å²) in [5.74, 6) is -3.22. The minimum atomic E-state index is -1.10. The van der Waals surface area contributed by atoms with E-state index in [0.717, 1.165) is 0 Å². The van der Waals surface area contributed by atoms with Gasteiger partial charge >= 0.3 is 17.9 Å². The van der Waals surface area contributed by atoms with E-state index < -0.39 is 29.7 Å². The normalized spacial score (nSPS) is 15.8. The number of rotatable bonds is 2. The van der Waals surface area contributed by atoms with E-state index in [1.54, 1.807) is 48.5 Å². The third-order valence-corrected chi connectivity index (χ3v) is 5.02. The number of para-hydroxylation sites is 1. The van der Waals surface area contributed by atoms with Crippen molar-refractivity contribution >= 4 is 23.7 Å². The van der Waals surface area contributed by atoms with Gasteiger partial charge in [0.05, 0.1) is 11.1 Å². The Morgan fingerprint density at radius 3 is 2.32 bits per heavy atom. The third-order valence-electron chi connectivity index (χ3n) is 5.02. The average Bonchev–Trinajstić information content (AvgIpc) is 2.86. The van der Waals surface area contributed by atoms with E-state index in [-0.39, 0.29) is 28.9 Å². The van der Waals surface area contributed by atoms with E-state index in [4.69, 9.17) is 19.9 Å². The quantitative estimate of drug-likeness (QED) is 0.271. The number of carbonyl (C=O) groups is 4. The Balaban J connectivity index is 1.84. The molecule has 168 valence electrons. The summed E-state index contributed by atoms with van der Waals surface area (Å²) in [6, 6.07) is 17.8. The van der Waals surface area contributed by atoms with Gasteiger partial charge < -0.3 is 19.9 Å². The van der Waals surface area contributed by atoms with Crippen LogP contribution in [0.3, 0.4) is 0 Å². The molecule has 0 saturated carbocycles. The molecule has 1 unspecified atom stereocenters. The van der Waals surface area contributed by atoms with Crippen molar-refractivity contribution in [3.8, 4) is 18.0 Å². The lowest BCUT2D eigenvalue weighted by molar-refractivity contribution is -0.138. The topological polar surface area (TPSA) is 122 Å². The first-order chi connectivity index (χ1) is 16.5. The molecule has 0 aliphatic carbocycles. The lowest BCUT2D eigenvalue weighted by Crippen LogP contribution is -2.33. The lowest BCUT2D eigenvalue weighted by Gasteiger charge is -2.15. The van der Waals surface area contributed by atoms with Crippen molar-refractivity contribution in [3.05, 3.63) is 101 Å². The summed E-state index contributed by atoms with van der Waals surface area (Å²) >= 11 is 0. The van der Waals surface area contributed by atoms with Crippen LogP contribution < -0.4 is 10.5 Å². The van der Waals surface area contributed by atoms with Crippen LogP contribution in [0, 0.1) is 12.2 Å². The molecule has 0 saturated heterocycles. The summed E-state index contributed by atoms with van der Waals surface area (Å²) in [6.45, 7) is 0. The van der Waals surface area contributed by atoms with Gasteiger partial charge in [-0.25, -0.2) is 14.4 Å². The summed E-state index contributed by atoms with van der Waals surface area (Å²) in [7, 11) is 0. The van der Waals surface area contributed by atoms with E-state index in [0.29, 0.717) is 11.1 Å². The number of ether oxygens (including phenoxy) is 3. The van der Waals surface area contributed by atoms with Crippen LogP contribution in [0.15, 0.2) is 72.8 Å². The standard InChI is InChI=1S/C26H17NO7/c27-20-15-17-9-4-5-12-21(17)34-24(29)19-11-6-10-18(23(28)16-7-2-1-3-8-16)22(19)26(31)33-14-13-32-25(20)30/h1-12,20H,15,27H2. The lowest BCUT2D eigenvalue weighted by atomic mass is 9.94. The molecular formula is C26H17NO7. The van der Waals surface area contributed by atoms with Gasteiger partial charge in [0, 0.05) is 17.5 Å². The van der Waals surface area contributed by atoms with Gasteiger partial charge in [0.25, 0.3) is 0 Å². The smallest absolute Gasteiger partial charge is 0.353 e. The van der Waals surface area contributed by atoms with Gasteiger partial charge in [-0.3, -0.25) is 4.79 Å². The van der Waals surface area contributed by atoms with E-state index in [1.807, 2.05) is 12.2 Å². The van der Waals surface area contributed by atoms with Gasteiger partial charge in [-0.05, 0) is 17.7 Å². The van der Waals surface area contributed by atoms with E-state index in [9.17, 15) is 19.2 Å².